The van der Waals surface area contributed by atoms with Crippen molar-refractivity contribution in [3.05, 3.63) is 22.4 Å². The molecule has 0 aromatic carbocycles. The summed E-state index contributed by atoms with van der Waals surface area (Å²) in [5.74, 6) is 0. The summed E-state index contributed by atoms with van der Waals surface area (Å²) in [6.45, 7) is 0. The van der Waals surface area contributed by atoms with Crippen molar-refractivity contribution in [2.75, 3.05) is 0 Å². The van der Waals surface area contributed by atoms with Crippen molar-refractivity contribution < 1.29 is 20.4 Å². The molecular weight excluding hydrogens is 180 g/mol. The van der Waals surface area contributed by atoms with Crippen LogP contribution in [0.2, 0.25) is 0 Å². The van der Waals surface area contributed by atoms with Gasteiger partial charge in [0.2, 0.25) is 0 Å². The minimum Gasteiger partial charge on any atom is -0.693 e. The standard InChI is InChI=1S/HNO2.2H2N.Pd/c2-1-3;;;/h(H,2,3);2*1H2;/q;2*-1;+2/p-1. The average molecular weight is 184 g/mol. The largest absolute Gasteiger partial charge is 2.00 e. The Kier molecular flexibility index (Phi) is 516. The normalized spacial score (nSPS) is 2.00. The van der Waals surface area contributed by atoms with Crippen molar-refractivity contribution >= 4 is 0 Å². The molecule has 42 valence electrons. The van der Waals surface area contributed by atoms with Crippen molar-refractivity contribution in [3.63, 3.8) is 0 Å². The number of hydrogen-bond donors (Lipinski definition) is 0. The molecule has 4 N–H and O–H groups in total. The van der Waals surface area contributed by atoms with E-state index in [9.17, 15) is 0 Å². The Balaban J connectivity index is -0.00000000667. The summed E-state index contributed by atoms with van der Waals surface area (Å²) >= 11 is 0. The SMILES string of the molecule is O=N[O-].[NH2-].[NH2-].[Pd+2]. The Bertz CT molecular complexity index is 16.3. The van der Waals surface area contributed by atoms with E-state index in [2.05, 4.69) is 0 Å². The zero-order valence-electron chi connectivity index (χ0n) is 2.73. The first-order valence-electron chi connectivity index (χ1n) is 0.365. The molecule has 0 bridgehead atoms. The zero-order valence-corrected chi connectivity index (χ0v) is 4.29. The second-order valence-corrected chi connectivity index (χ2v) is 0.0745. The minimum atomic E-state index is 0. The van der Waals surface area contributed by atoms with Crippen LogP contribution in [0.5, 0.6) is 0 Å². The van der Waals surface area contributed by atoms with E-state index in [0.29, 0.717) is 0 Å². The third-order valence-electron chi connectivity index (χ3n) is 0. The monoisotopic (exact) mass is 184 g/mol. The van der Waals surface area contributed by atoms with E-state index >= 15 is 0 Å². The van der Waals surface area contributed by atoms with E-state index in [-0.39, 0.29) is 32.7 Å². The van der Waals surface area contributed by atoms with Crippen molar-refractivity contribution in [1.82, 2.24) is 0 Å². The van der Waals surface area contributed by atoms with Gasteiger partial charge >= 0.3 is 20.4 Å². The van der Waals surface area contributed by atoms with Crippen LogP contribution in [-0.2, 0) is 20.4 Å². The smallest absolute Gasteiger partial charge is 0.693 e. The molecule has 0 amide bonds. The Morgan fingerprint density at radius 2 is 1.33 bits per heavy atom. The van der Waals surface area contributed by atoms with Crippen LogP contribution < -0.4 is 0 Å². The van der Waals surface area contributed by atoms with Crippen LogP contribution in [0.1, 0.15) is 0 Å². The number of nitrogens with zero attached hydrogens (tertiary/aromatic N) is 1. The molecule has 0 heterocycles. The van der Waals surface area contributed by atoms with Crippen LogP contribution in [0, 0.1) is 10.1 Å². The van der Waals surface area contributed by atoms with Crippen LogP contribution in [0.15, 0.2) is 5.34 Å². The molecule has 0 fully saturated rings. The van der Waals surface area contributed by atoms with Gasteiger partial charge in [-0.1, -0.05) is 0 Å². The van der Waals surface area contributed by atoms with Gasteiger partial charge in [-0.15, -0.1) is 5.34 Å². The Labute approximate surface area is 48.9 Å². The molecule has 6 heavy (non-hydrogen) atoms. The van der Waals surface area contributed by atoms with Gasteiger partial charge < -0.3 is 22.4 Å². The molecule has 0 saturated carbocycles. The summed E-state index contributed by atoms with van der Waals surface area (Å²) in [6, 6.07) is 0. The van der Waals surface area contributed by atoms with Gasteiger partial charge in [-0.3, -0.25) is 0 Å². The van der Waals surface area contributed by atoms with Crippen molar-refractivity contribution in [2.24, 2.45) is 5.34 Å². The number of hydrogen-bond acceptors (Lipinski definition) is 3. The first-order valence-corrected chi connectivity index (χ1v) is 0.365. The van der Waals surface area contributed by atoms with E-state index in [0.717, 1.165) is 5.34 Å². The molecule has 0 aliphatic heterocycles. The molecule has 0 aromatic heterocycles. The molecule has 0 unspecified atom stereocenters. The van der Waals surface area contributed by atoms with E-state index in [1.54, 1.807) is 0 Å². The van der Waals surface area contributed by atoms with Crippen LogP contribution in [0.4, 0.5) is 0 Å². The first kappa shape index (κ1) is 37.8. The maximum atomic E-state index is 8.00. The van der Waals surface area contributed by atoms with Gasteiger partial charge in [-0.2, -0.15) is 0 Å². The molecule has 0 radical (unpaired) electrons. The number of rotatable bonds is 0. The fourth-order valence-corrected chi connectivity index (χ4v) is 0. The van der Waals surface area contributed by atoms with Crippen molar-refractivity contribution in [2.45, 2.75) is 0 Å². The predicted octanol–water partition coefficient (Wildman–Crippen LogP) is 1.68. The molecule has 6 heteroatoms. The second-order valence-electron chi connectivity index (χ2n) is 0.0745. The molecule has 0 atom stereocenters. The maximum absolute atomic E-state index is 8.00. The Morgan fingerprint density at radius 1 is 1.33 bits per heavy atom. The Morgan fingerprint density at radius 3 is 1.33 bits per heavy atom. The van der Waals surface area contributed by atoms with Gasteiger partial charge in [0.25, 0.3) is 0 Å². The fraction of sp³-hybridized carbons (Fsp3) is 0. The molecule has 0 aromatic rings. The molecule has 0 aliphatic rings. The van der Waals surface area contributed by atoms with Gasteiger partial charge in [0.05, 0.1) is 0 Å². The molecular formula is H4N3O2Pd-. The predicted molar refractivity (Wildman–Crippen MR) is 19.7 cm³/mol. The average Bonchev–Trinajstić information content (AvgIpc) is 0.918. The topological polar surface area (TPSA) is 119 Å². The van der Waals surface area contributed by atoms with E-state index in [4.69, 9.17) is 10.1 Å². The third kappa shape index (κ3) is 114000. The summed E-state index contributed by atoms with van der Waals surface area (Å²) in [6.07, 6.45) is 0. The van der Waals surface area contributed by atoms with Gasteiger partial charge in [-0.25, -0.2) is 0 Å². The summed E-state index contributed by atoms with van der Waals surface area (Å²) in [4.78, 5) is 8.00. The van der Waals surface area contributed by atoms with Crippen LogP contribution in [0.25, 0.3) is 12.3 Å². The van der Waals surface area contributed by atoms with Gasteiger partial charge in [0.15, 0.2) is 0 Å². The van der Waals surface area contributed by atoms with Crippen molar-refractivity contribution in [3.8, 4) is 0 Å². The Hall–Kier alpha value is -0.0177. The van der Waals surface area contributed by atoms with E-state index in [1.165, 1.54) is 0 Å². The summed E-state index contributed by atoms with van der Waals surface area (Å²) in [7, 11) is 0. The minimum absolute atomic E-state index is 0. The molecule has 0 aliphatic carbocycles. The molecule has 0 saturated heterocycles. The van der Waals surface area contributed by atoms with Crippen LogP contribution in [0.3, 0.4) is 0 Å². The molecule has 0 spiro atoms. The maximum Gasteiger partial charge on any atom is 2.00 e. The first-order chi connectivity index (χ1) is 1.41. The number of nitrogens with two attached hydrogens (primary N) is 2. The van der Waals surface area contributed by atoms with Crippen LogP contribution >= 0.6 is 0 Å². The summed E-state index contributed by atoms with van der Waals surface area (Å²) in [5, 5.41) is 9.00. The van der Waals surface area contributed by atoms with Gasteiger partial charge in [0, 0.05) is 0 Å². The van der Waals surface area contributed by atoms with Gasteiger partial charge in [0.1, 0.15) is 0 Å². The summed E-state index contributed by atoms with van der Waals surface area (Å²) in [5.41, 5.74) is 0. The second kappa shape index (κ2) is 81.9. The van der Waals surface area contributed by atoms with E-state index in [1.807, 2.05) is 0 Å². The third-order valence-corrected chi connectivity index (χ3v) is 0. The molecule has 0 rings (SSSR count). The van der Waals surface area contributed by atoms with E-state index < -0.39 is 0 Å². The summed E-state index contributed by atoms with van der Waals surface area (Å²) < 4.78 is 0. The quantitative estimate of drug-likeness (QED) is 0.323. The molecule has 5 nitrogen and oxygen atoms in total. The zero-order chi connectivity index (χ0) is 2.71. The van der Waals surface area contributed by atoms with Crippen LogP contribution in [-0.4, -0.2) is 0 Å². The van der Waals surface area contributed by atoms with Gasteiger partial charge in [-0.05, 0) is 0 Å². The fourth-order valence-electron chi connectivity index (χ4n) is 0. The van der Waals surface area contributed by atoms with Crippen molar-refractivity contribution in [1.29, 1.82) is 0 Å².